The molecular weight excluding hydrogens is 244 g/mol. The minimum absolute atomic E-state index is 0.113. The molecular formula is C13H14N4O2. The van der Waals surface area contributed by atoms with Gasteiger partial charge in [-0.1, -0.05) is 0 Å². The highest BCUT2D eigenvalue weighted by molar-refractivity contribution is 5.78. The van der Waals surface area contributed by atoms with Crippen LogP contribution in [0.4, 0.5) is 5.69 Å². The van der Waals surface area contributed by atoms with Crippen LogP contribution in [0.2, 0.25) is 0 Å². The van der Waals surface area contributed by atoms with Crippen LogP contribution < -0.4 is 0 Å². The lowest BCUT2D eigenvalue weighted by molar-refractivity contribution is -0.384. The van der Waals surface area contributed by atoms with Crippen LogP contribution in [0.25, 0.3) is 11.0 Å². The number of nitro benzene ring substituents is 1. The zero-order valence-electron chi connectivity index (χ0n) is 10.5. The van der Waals surface area contributed by atoms with Crippen LogP contribution in [0.1, 0.15) is 18.7 Å². The number of nitrogens with zero attached hydrogens (tertiary/aromatic N) is 4. The van der Waals surface area contributed by atoms with Gasteiger partial charge in [-0.3, -0.25) is 15.0 Å². The Balaban J connectivity index is 1.77. The maximum atomic E-state index is 10.8. The normalized spacial score (nSPS) is 19.6. The van der Waals surface area contributed by atoms with Crippen molar-refractivity contribution in [1.82, 2.24) is 14.5 Å². The van der Waals surface area contributed by atoms with Gasteiger partial charge in [0.1, 0.15) is 5.82 Å². The van der Waals surface area contributed by atoms with Crippen LogP contribution >= 0.6 is 0 Å². The molecule has 0 bridgehead atoms. The first kappa shape index (κ1) is 10.9. The van der Waals surface area contributed by atoms with Crippen molar-refractivity contribution in [2.75, 3.05) is 6.54 Å². The number of hydrogen-bond donors (Lipinski definition) is 0. The molecule has 1 saturated carbocycles. The highest BCUT2D eigenvalue weighted by Crippen LogP contribution is 2.31. The molecule has 0 unspecified atom stereocenters. The van der Waals surface area contributed by atoms with Crippen LogP contribution in [0.5, 0.6) is 0 Å². The van der Waals surface area contributed by atoms with Crippen LogP contribution in [0.15, 0.2) is 18.2 Å². The summed E-state index contributed by atoms with van der Waals surface area (Å²) in [6.45, 7) is 2.85. The molecule has 1 aromatic heterocycles. The average molecular weight is 258 g/mol. The number of rotatable bonds is 2. The highest BCUT2D eigenvalue weighted by Gasteiger charge is 2.32. The number of aromatic nitrogens is 2. The molecule has 1 fully saturated rings. The lowest BCUT2D eigenvalue weighted by atomic mass is 10.2. The van der Waals surface area contributed by atoms with E-state index in [1.807, 2.05) is 6.07 Å². The fraction of sp³-hybridized carbons (Fsp3) is 0.462. The minimum Gasteiger partial charge on any atom is -0.326 e. The Bertz CT molecular complexity index is 675. The highest BCUT2D eigenvalue weighted by atomic mass is 16.6. The smallest absolute Gasteiger partial charge is 0.271 e. The molecule has 98 valence electrons. The number of benzene rings is 1. The Hall–Kier alpha value is -1.95. The molecule has 0 N–H and O–H groups in total. The summed E-state index contributed by atoms with van der Waals surface area (Å²) in [6.07, 6.45) is 2.59. The molecule has 19 heavy (non-hydrogen) atoms. The van der Waals surface area contributed by atoms with Crippen LogP contribution in [0.3, 0.4) is 0 Å². The van der Waals surface area contributed by atoms with Gasteiger partial charge in [0.2, 0.25) is 0 Å². The van der Waals surface area contributed by atoms with Gasteiger partial charge < -0.3 is 4.57 Å². The Morgan fingerprint density at radius 3 is 2.89 bits per heavy atom. The van der Waals surface area contributed by atoms with E-state index < -0.39 is 0 Å². The van der Waals surface area contributed by atoms with Gasteiger partial charge in [0.05, 0.1) is 22.5 Å². The van der Waals surface area contributed by atoms with Crippen molar-refractivity contribution in [3.05, 3.63) is 34.1 Å². The molecule has 6 nitrogen and oxygen atoms in total. The Kier molecular flexibility index (Phi) is 2.17. The predicted molar refractivity (Wildman–Crippen MR) is 69.8 cm³/mol. The van der Waals surface area contributed by atoms with E-state index in [2.05, 4.69) is 14.5 Å². The Morgan fingerprint density at radius 1 is 1.32 bits per heavy atom. The molecule has 1 aliphatic carbocycles. The van der Waals surface area contributed by atoms with E-state index in [1.165, 1.54) is 12.8 Å². The molecule has 0 amide bonds. The van der Waals surface area contributed by atoms with Gasteiger partial charge >= 0.3 is 0 Å². The SMILES string of the molecule is O=[N+]([O-])c1ccc2c(c1)nc1n2CCN(C2CC2)C1. The molecule has 1 aromatic carbocycles. The molecule has 1 aliphatic heterocycles. The van der Waals surface area contributed by atoms with Gasteiger partial charge in [0.15, 0.2) is 0 Å². The fourth-order valence-corrected chi connectivity index (χ4v) is 2.89. The van der Waals surface area contributed by atoms with Gasteiger partial charge in [-0.2, -0.15) is 0 Å². The van der Waals surface area contributed by atoms with Crippen LogP contribution in [0, 0.1) is 10.1 Å². The number of imidazole rings is 1. The second-order valence-electron chi connectivity index (χ2n) is 5.31. The first-order valence-corrected chi connectivity index (χ1v) is 6.60. The zero-order chi connectivity index (χ0) is 13.0. The third-order valence-corrected chi connectivity index (χ3v) is 4.04. The summed E-state index contributed by atoms with van der Waals surface area (Å²) < 4.78 is 2.19. The van der Waals surface area contributed by atoms with Crippen molar-refractivity contribution in [1.29, 1.82) is 0 Å². The third-order valence-electron chi connectivity index (χ3n) is 4.04. The van der Waals surface area contributed by atoms with Crippen molar-refractivity contribution < 1.29 is 4.92 Å². The van der Waals surface area contributed by atoms with E-state index >= 15 is 0 Å². The van der Waals surface area contributed by atoms with E-state index in [0.29, 0.717) is 0 Å². The summed E-state index contributed by atoms with van der Waals surface area (Å²) in [5, 5.41) is 10.8. The maximum absolute atomic E-state index is 10.8. The Morgan fingerprint density at radius 2 is 2.16 bits per heavy atom. The minimum atomic E-state index is -0.367. The van der Waals surface area contributed by atoms with Gasteiger partial charge in [-0.15, -0.1) is 0 Å². The number of nitro groups is 1. The fourth-order valence-electron chi connectivity index (χ4n) is 2.89. The first-order chi connectivity index (χ1) is 9.22. The molecule has 0 atom stereocenters. The molecule has 4 rings (SSSR count). The maximum Gasteiger partial charge on any atom is 0.271 e. The number of hydrogen-bond acceptors (Lipinski definition) is 4. The molecule has 2 aliphatic rings. The molecule has 2 heterocycles. The van der Waals surface area contributed by atoms with E-state index in [1.54, 1.807) is 12.1 Å². The van der Waals surface area contributed by atoms with E-state index in [4.69, 9.17) is 0 Å². The lowest BCUT2D eigenvalue weighted by Gasteiger charge is -2.27. The summed E-state index contributed by atoms with van der Waals surface area (Å²) in [4.78, 5) is 17.5. The van der Waals surface area contributed by atoms with Gasteiger partial charge in [0.25, 0.3) is 5.69 Å². The van der Waals surface area contributed by atoms with Gasteiger partial charge in [0, 0.05) is 31.3 Å². The van der Waals surface area contributed by atoms with E-state index in [9.17, 15) is 10.1 Å². The molecule has 0 saturated heterocycles. The zero-order valence-corrected chi connectivity index (χ0v) is 10.5. The van der Waals surface area contributed by atoms with Crippen LogP contribution in [-0.4, -0.2) is 32.0 Å². The third kappa shape index (κ3) is 1.71. The second-order valence-corrected chi connectivity index (χ2v) is 5.31. The summed E-state index contributed by atoms with van der Waals surface area (Å²) in [6, 6.07) is 5.69. The molecule has 0 radical (unpaired) electrons. The first-order valence-electron chi connectivity index (χ1n) is 6.60. The van der Waals surface area contributed by atoms with Crippen LogP contribution in [-0.2, 0) is 13.1 Å². The van der Waals surface area contributed by atoms with Crippen molar-refractivity contribution in [2.24, 2.45) is 0 Å². The van der Waals surface area contributed by atoms with E-state index in [-0.39, 0.29) is 10.6 Å². The van der Waals surface area contributed by atoms with E-state index in [0.717, 1.165) is 42.5 Å². The van der Waals surface area contributed by atoms with Crippen molar-refractivity contribution in [2.45, 2.75) is 32.0 Å². The molecule has 0 spiro atoms. The lowest BCUT2D eigenvalue weighted by Crippen LogP contribution is -2.35. The summed E-state index contributed by atoms with van der Waals surface area (Å²) >= 11 is 0. The second kappa shape index (κ2) is 3.77. The van der Waals surface area contributed by atoms with Gasteiger partial charge in [-0.25, -0.2) is 4.98 Å². The number of fused-ring (bicyclic) bond motifs is 3. The standard InChI is InChI=1S/C13H14N4O2/c18-17(19)10-3-4-12-11(7-10)14-13-8-15(9-1-2-9)5-6-16(12)13/h3-4,7,9H,1-2,5-6,8H2. The Labute approximate surface area is 109 Å². The summed E-state index contributed by atoms with van der Waals surface area (Å²) in [5.41, 5.74) is 1.86. The monoisotopic (exact) mass is 258 g/mol. The molecule has 6 heteroatoms. The quantitative estimate of drug-likeness (QED) is 0.610. The predicted octanol–water partition coefficient (Wildman–Crippen LogP) is 1.92. The van der Waals surface area contributed by atoms with Gasteiger partial charge in [-0.05, 0) is 18.9 Å². The summed E-state index contributed by atoms with van der Waals surface area (Å²) in [5.74, 6) is 1.04. The van der Waals surface area contributed by atoms with Crippen molar-refractivity contribution in [3.8, 4) is 0 Å². The molecule has 2 aromatic rings. The van der Waals surface area contributed by atoms with Crippen molar-refractivity contribution >= 4 is 16.7 Å². The van der Waals surface area contributed by atoms with Crippen molar-refractivity contribution in [3.63, 3.8) is 0 Å². The largest absolute Gasteiger partial charge is 0.326 e. The summed E-state index contributed by atoms with van der Waals surface area (Å²) in [7, 11) is 0. The average Bonchev–Trinajstić information content (AvgIpc) is 3.18. The topological polar surface area (TPSA) is 64.2 Å². The number of non-ortho nitro benzene ring substituents is 1.